The second kappa shape index (κ2) is 2.37. The molecule has 2 rings (SSSR count). The Kier molecular flexibility index (Phi) is 1.36. The summed E-state index contributed by atoms with van der Waals surface area (Å²) < 4.78 is 3.61. The molecule has 0 fully saturated rings. The summed E-state index contributed by atoms with van der Waals surface area (Å²) in [6.45, 7) is 0.419. The summed E-state index contributed by atoms with van der Waals surface area (Å²) in [7, 11) is 0. The van der Waals surface area contributed by atoms with Crippen LogP contribution < -0.4 is 5.73 Å². The summed E-state index contributed by atoms with van der Waals surface area (Å²) in [5.41, 5.74) is 6.23. The molecule has 0 aromatic carbocycles. The predicted octanol–water partition coefficient (Wildman–Crippen LogP) is 0.0718. The molecule has 0 aliphatic rings. The van der Waals surface area contributed by atoms with E-state index in [2.05, 4.69) is 5.10 Å². The van der Waals surface area contributed by atoms with E-state index < -0.39 is 0 Å². The fourth-order valence-electron chi connectivity index (χ4n) is 1.19. The predicted molar refractivity (Wildman–Crippen MR) is 45.1 cm³/mol. The van der Waals surface area contributed by atoms with E-state index in [1.165, 1.54) is 0 Å². The van der Waals surface area contributed by atoms with E-state index in [9.17, 15) is 0 Å². The van der Waals surface area contributed by atoms with Crippen molar-refractivity contribution in [1.29, 1.82) is 5.41 Å². The highest BCUT2D eigenvalue weighted by Gasteiger charge is 2.00. The summed E-state index contributed by atoms with van der Waals surface area (Å²) in [4.78, 5) is 0. The van der Waals surface area contributed by atoms with Crippen molar-refractivity contribution in [2.24, 2.45) is 5.73 Å². The maximum Gasteiger partial charge on any atom is 0.136 e. The van der Waals surface area contributed by atoms with E-state index in [0.29, 0.717) is 6.54 Å². The van der Waals surface area contributed by atoms with E-state index >= 15 is 0 Å². The number of aromatic nitrogens is 3. The van der Waals surface area contributed by atoms with Crippen LogP contribution in [0.25, 0.3) is 5.65 Å². The van der Waals surface area contributed by atoms with Gasteiger partial charge in [0.05, 0.1) is 12.7 Å². The summed E-state index contributed by atoms with van der Waals surface area (Å²) in [6.07, 6.45) is 5.40. The first-order valence-corrected chi connectivity index (χ1v) is 3.59. The number of hydrogen-bond acceptors (Lipinski definition) is 2. The molecule has 0 atom stereocenters. The average Bonchev–Trinajstić information content (AvgIpc) is 2.52. The molecule has 2 aromatic heterocycles. The molecule has 0 bridgehead atoms. The lowest BCUT2D eigenvalue weighted by molar-refractivity contribution is 0.867. The molecule has 5 heteroatoms. The van der Waals surface area contributed by atoms with Crippen LogP contribution in [0.1, 0.15) is 0 Å². The van der Waals surface area contributed by atoms with Crippen LogP contribution in [0.3, 0.4) is 0 Å². The third-order valence-electron chi connectivity index (χ3n) is 1.67. The van der Waals surface area contributed by atoms with Gasteiger partial charge in [0.2, 0.25) is 0 Å². The zero-order chi connectivity index (χ0) is 8.55. The summed E-state index contributed by atoms with van der Waals surface area (Å²) in [5, 5.41) is 11.2. The molecule has 3 N–H and O–H groups in total. The van der Waals surface area contributed by atoms with Crippen molar-refractivity contribution in [2.45, 2.75) is 6.54 Å². The molecule has 5 nitrogen and oxygen atoms in total. The first kappa shape index (κ1) is 6.90. The van der Waals surface area contributed by atoms with Crippen LogP contribution in [0.5, 0.6) is 0 Å². The van der Waals surface area contributed by atoms with E-state index in [1.54, 1.807) is 10.7 Å². The van der Waals surface area contributed by atoms with Crippen LogP contribution >= 0.6 is 0 Å². The van der Waals surface area contributed by atoms with Gasteiger partial charge in [0.1, 0.15) is 11.5 Å². The van der Waals surface area contributed by atoms with Crippen LogP contribution in [-0.2, 0) is 6.54 Å². The van der Waals surface area contributed by atoms with Gasteiger partial charge in [-0.25, -0.2) is 4.52 Å². The highest BCUT2D eigenvalue weighted by molar-refractivity contribution is 5.77. The number of nitrogens with two attached hydrogens (primary N) is 1. The molecule has 0 saturated heterocycles. The van der Waals surface area contributed by atoms with E-state index in [0.717, 1.165) is 5.65 Å². The second-order valence-electron chi connectivity index (χ2n) is 2.59. The number of rotatable bonds is 2. The highest BCUT2D eigenvalue weighted by Crippen LogP contribution is 2.02. The number of imidazole rings is 1. The average molecular weight is 163 g/mol. The lowest BCUT2D eigenvalue weighted by Crippen LogP contribution is -2.17. The van der Waals surface area contributed by atoms with E-state index in [4.69, 9.17) is 11.1 Å². The molecule has 0 aliphatic carbocycles. The van der Waals surface area contributed by atoms with Crippen molar-refractivity contribution in [3.8, 4) is 0 Å². The SMILES string of the molecule is N=C(N)Cn1ccn2nccc12. The van der Waals surface area contributed by atoms with E-state index in [1.807, 2.05) is 23.0 Å². The smallest absolute Gasteiger partial charge is 0.136 e. The summed E-state index contributed by atoms with van der Waals surface area (Å²) >= 11 is 0. The third kappa shape index (κ3) is 0.952. The van der Waals surface area contributed by atoms with Crippen molar-refractivity contribution < 1.29 is 0 Å². The van der Waals surface area contributed by atoms with Crippen molar-refractivity contribution in [1.82, 2.24) is 14.2 Å². The van der Waals surface area contributed by atoms with Crippen molar-refractivity contribution >= 4 is 11.5 Å². The minimum absolute atomic E-state index is 0.148. The summed E-state index contributed by atoms with van der Waals surface area (Å²) in [5.74, 6) is 0.148. The Morgan fingerprint density at radius 3 is 3.17 bits per heavy atom. The molecular formula is C7H9N5. The van der Waals surface area contributed by atoms with Gasteiger partial charge < -0.3 is 10.3 Å². The molecule has 0 unspecified atom stereocenters. The lowest BCUT2D eigenvalue weighted by Gasteiger charge is -1.99. The quantitative estimate of drug-likeness (QED) is 0.485. The Bertz CT molecular complexity index is 410. The van der Waals surface area contributed by atoms with E-state index in [-0.39, 0.29) is 5.84 Å². The van der Waals surface area contributed by atoms with Crippen molar-refractivity contribution in [3.63, 3.8) is 0 Å². The van der Waals surface area contributed by atoms with Crippen LogP contribution in [0.15, 0.2) is 24.7 Å². The first-order valence-electron chi connectivity index (χ1n) is 3.59. The minimum atomic E-state index is 0.148. The molecule has 0 saturated carbocycles. The maximum atomic E-state index is 7.13. The van der Waals surface area contributed by atoms with Gasteiger partial charge in [-0.1, -0.05) is 0 Å². The second-order valence-corrected chi connectivity index (χ2v) is 2.59. The van der Waals surface area contributed by atoms with Crippen LogP contribution in [0.4, 0.5) is 0 Å². The minimum Gasteiger partial charge on any atom is -0.386 e. The number of amidine groups is 1. The standard InChI is InChI=1S/C7H9N5/c8-6(9)5-11-3-4-12-7(11)1-2-10-12/h1-4H,5H2,(H3,8,9). The Hall–Kier alpha value is -1.78. The fourth-order valence-corrected chi connectivity index (χ4v) is 1.19. The monoisotopic (exact) mass is 163 g/mol. The zero-order valence-electron chi connectivity index (χ0n) is 6.44. The fraction of sp³-hybridized carbons (Fsp3) is 0.143. The molecule has 0 amide bonds. The third-order valence-corrected chi connectivity index (χ3v) is 1.67. The molecule has 0 aliphatic heterocycles. The van der Waals surface area contributed by atoms with Crippen molar-refractivity contribution in [2.75, 3.05) is 0 Å². The largest absolute Gasteiger partial charge is 0.386 e. The summed E-state index contributed by atoms with van der Waals surface area (Å²) in [6, 6.07) is 1.88. The Morgan fingerprint density at radius 1 is 1.58 bits per heavy atom. The van der Waals surface area contributed by atoms with Gasteiger partial charge in [-0.05, 0) is 0 Å². The topological polar surface area (TPSA) is 72.1 Å². The van der Waals surface area contributed by atoms with Crippen molar-refractivity contribution in [3.05, 3.63) is 24.7 Å². The van der Waals surface area contributed by atoms with Gasteiger partial charge in [0, 0.05) is 18.5 Å². The molecule has 12 heavy (non-hydrogen) atoms. The maximum absolute atomic E-state index is 7.13. The van der Waals surface area contributed by atoms with Gasteiger partial charge in [-0.15, -0.1) is 0 Å². The number of fused-ring (bicyclic) bond motifs is 1. The van der Waals surface area contributed by atoms with Gasteiger partial charge in [-0.3, -0.25) is 5.41 Å². The lowest BCUT2D eigenvalue weighted by atomic mass is 10.5. The highest BCUT2D eigenvalue weighted by atomic mass is 15.3. The molecule has 62 valence electrons. The Morgan fingerprint density at radius 2 is 2.42 bits per heavy atom. The normalized spacial score (nSPS) is 10.7. The van der Waals surface area contributed by atoms with Crippen LogP contribution in [-0.4, -0.2) is 20.0 Å². The zero-order valence-corrected chi connectivity index (χ0v) is 6.44. The Balaban J connectivity index is 2.47. The first-order chi connectivity index (χ1) is 5.77. The molecule has 2 heterocycles. The number of hydrogen-bond donors (Lipinski definition) is 2. The Labute approximate surface area is 68.9 Å². The number of nitrogens with one attached hydrogen (secondary N) is 1. The van der Waals surface area contributed by atoms with Crippen LogP contribution in [0, 0.1) is 5.41 Å². The molecule has 2 aromatic rings. The van der Waals surface area contributed by atoms with Crippen LogP contribution in [0.2, 0.25) is 0 Å². The molecule has 0 spiro atoms. The van der Waals surface area contributed by atoms with Gasteiger partial charge in [0.15, 0.2) is 0 Å². The molecular weight excluding hydrogens is 154 g/mol. The number of nitrogens with zero attached hydrogens (tertiary/aromatic N) is 3. The van der Waals surface area contributed by atoms with Gasteiger partial charge in [0.25, 0.3) is 0 Å². The van der Waals surface area contributed by atoms with Gasteiger partial charge in [-0.2, -0.15) is 5.10 Å². The molecule has 0 radical (unpaired) electrons. The van der Waals surface area contributed by atoms with Gasteiger partial charge >= 0.3 is 0 Å².